The SMILES string of the molecule is CCC(NS(=O)(=O)c1ccc(-c2cc(CO)ccc2F)c(C)c1)c1ccncc1. The second-order valence-electron chi connectivity index (χ2n) is 6.81. The van der Waals surface area contributed by atoms with Gasteiger partial charge in [0.25, 0.3) is 0 Å². The van der Waals surface area contributed by atoms with Crippen LogP contribution in [0.2, 0.25) is 0 Å². The number of aryl methyl sites for hydroxylation is 1. The van der Waals surface area contributed by atoms with Crippen LogP contribution < -0.4 is 4.72 Å². The molecule has 29 heavy (non-hydrogen) atoms. The largest absolute Gasteiger partial charge is 0.392 e. The van der Waals surface area contributed by atoms with Crippen molar-refractivity contribution in [2.75, 3.05) is 0 Å². The van der Waals surface area contributed by atoms with Crippen LogP contribution in [0.15, 0.2) is 65.8 Å². The summed E-state index contributed by atoms with van der Waals surface area (Å²) in [6, 6.07) is 12.2. The number of aromatic nitrogens is 1. The first-order valence-corrected chi connectivity index (χ1v) is 10.8. The van der Waals surface area contributed by atoms with Crippen LogP contribution in [0.25, 0.3) is 11.1 Å². The first kappa shape index (κ1) is 21.1. The van der Waals surface area contributed by atoms with E-state index in [4.69, 9.17) is 0 Å². The summed E-state index contributed by atoms with van der Waals surface area (Å²) in [5.41, 5.74) is 2.95. The minimum absolute atomic E-state index is 0.116. The highest BCUT2D eigenvalue weighted by Gasteiger charge is 2.21. The number of aliphatic hydroxyl groups is 1. The summed E-state index contributed by atoms with van der Waals surface area (Å²) < 4.78 is 42.8. The number of hydrogen-bond acceptors (Lipinski definition) is 4. The highest BCUT2D eigenvalue weighted by Crippen LogP contribution is 2.29. The quantitative estimate of drug-likeness (QED) is 0.610. The number of nitrogens with one attached hydrogen (secondary N) is 1. The van der Waals surface area contributed by atoms with Gasteiger partial charge >= 0.3 is 0 Å². The molecule has 3 rings (SSSR count). The number of benzene rings is 2. The monoisotopic (exact) mass is 414 g/mol. The molecule has 7 heteroatoms. The van der Waals surface area contributed by atoms with Crippen LogP contribution in [0, 0.1) is 12.7 Å². The second kappa shape index (κ2) is 8.82. The van der Waals surface area contributed by atoms with Gasteiger partial charge in [-0.15, -0.1) is 0 Å². The summed E-state index contributed by atoms with van der Waals surface area (Å²) >= 11 is 0. The average molecular weight is 415 g/mol. The Kier molecular flexibility index (Phi) is 6.42. The predicted molar refractivity (Wildman–Crippen MR) is 110 cm³/mol. The molecule has 0 spiro atoms. The Morgan fingerprint density at radius 2 is 1.79 bits per heavy atom. The van der Waals surface area contributed by atoms with Crippen LogP contribution in [0.5, 0.6) is 0 Å². The first-order chi connectivity index (χ1) is 13.9. The summed E-state index contributed by atoms with van der Waals surface area (Å²) in [7, 11) is -3.77. The van der Waals surface area contributed by atoms with E-state index in [1.165, 1.54) is 24.3 Å². The number of hydrogen-bond donors (Lipinski definition) is 2. The Morgan fingerprint density at radius 1 is 1.07 bits per heavy atom. The molecule has 1 atom stereocenters. The minimum Gasteiger partial charge on any atom is -0.392 e. The molecule has 1 aromatic heterocycles. The van der Waals surface area contributed by atoms with Gasteiger partial charge in [0.2, 0.25) is 10.0 Å². The summed E-state index contributed by atoms with van der Waals surface area (Å²) in [6.07, 6.45) is 3.83. The molecule has 0 aliphatic rings. The standard InChI is InChI=1S/C22H23FN2O3S/c1-3-22(17-8-10-24-11-9-17)25-29(27,28)18-5-6-19(15(2)12-18)20-13-16(14-26)4-7-21(20)23/h4-13,22,25-26H,3,14H2,1-2H3. The molecule has 3 aromatic rings. The zero-order valence-electron chi connectivity index (χ0n) is 16.3. The lowest BCUT2D eigenvalue weighted by Gasteiger charge is -2.18. The molecule has 0 amide bonds. The maximum absolute atomic E-state index is 14.3. The number of pyridine rings is 1. The Morgan fingerprint density at radius 3 is 2.41 bits per heavy atom. The third-order valence-electron chi connectivity index (χ3n) is 4.83. The van der Waals surface area contributed by atoms with E-state index in [1.807, 2.05) is 6.92 Å². The first-order valence-electron chi connectivity index (χ1n) is 9.28. The number of sulfonamides is 1. The molecule has 0 aliphatic heterocycles. The third-order valence-corrected chi connectivity index (χ3v) is 6.30. The molecule has 0 saturated heterocycles. The van der Waals surface area contributed by atoms with Crippen LogP contribution in [0.1, 0.15) is 36.1 Å². The molecule has 0 aliphatic carbocycles. The average Bonchev–Trinajstić information content (AvgIpc) is 2.73. The third kappa shape index (κ3) is 4.70. The normalized spacial score (nSPS) is 12.7. The highest BCUT2D eigenvalue weighted by molar-refractivity contribution is 7.89. The van der Waals surface area contributed by atoms with E-state index in [1.54, 1.807) is 43.6 Å². The van der Waals surface area contributed by atoms with Crippen LogP contribution in [-0.2, 0) is 16.6 Å². The minimum atomic E-state index is -3.77. The summed E-state index contributed by atoms with van der Waals surface area (Å²) in [5, 5.41) is 9.31. The molecule has 2 N–H and O–H groups in total. The zero-order chi connectivity index (χ0) is 21.0. The van der Waals surface area contributed by atoms with Crippen molar-refractivity contribution in [1.29, 1.82) is 0 Å². The van der Waals surface area contributed by atoms with Gasteiger partial charge in [-0.05, 0) is 72.0 Å². The van der Waals surface area contributed by atoms with Gasteiger partial charge in [-0.2, -0.15) is 0 Å². The lowest BCUT2D eigenvalue weighted by Crippen LogP contribution is -2.28. The molecule has 5 nitrogen and oxygen atoms in total. The van der Waals surface area contributed by atoms with Crippen molar-refractivity contribution < 1.29 is 17.9 Å². The second-order valence-corrected chi connectivity index (χ2v) is 8.53. The number of nitrogens with zero attached hydrogens (tertiary/aromatic N) is 1. The van der Waals surface area contributed by atoms with Crippen molar-refractivity contribution in [2.24, 2.45) is 0 Å². The van der Waals surface area contributed by atoms with Crippen LogP contribution in [-0.4, -0.2) is 18.5 Å². The van der Waals surface area contributed by atoms with E-state index in [0.717, 1.165) is 5.56 Å². The Labute approximate surface area is 170 Å². The van der Waals surface area contributed by atoms with E-state index >= 15 is 0 Å². The van der Waals surface area contributed by atoms with Crippen molar-refractivity contribution in [2.45, 2.75) is 37.8 Å². The Hall–Kier alpha value is -2.61. The zero-order valence-corrected chi connectivity index (χ0v) is 17.1. The van der Waals surface area contributed by atoms with Gasteiger partial charge in [0, 0.05) is 24.0 Å². The lowest BCUT2D eigenvalue weighted by atomic mass is 9.98. The molecule has 0 fully saturated rings. The van der Waals surface area contributed by atoms with Gasteiger partial charge in [-0.1, -0.05) is 19.1 Å². The van der Waals surface area contributed by atoms with Gasteiger partial charge in [-0.3, -0.25) is 4.98 Å². The summed E-state index contributed by atoms with van der Waals surface area (Å²) in [5.74, 6) is -0.428. The fourth-order valence-corrected chi connectivity index (χ4v) is 4.61. The fraction of sp³-hybridized carbons (Fsp3) is 0.227. The van der Waals surface area contributed by atoms with Crippen molar-refractivity contribution in [3.63, 3.8) is 0 Å². The van der Waals surface area contributed by atoms with E-state index in [0.29, 0.717) is 28.7 Å². The van der Waals surface area contributed by atoms with Gasteiger partial charge < -0.3 is 5.11 Å². The number of rotatable bonds is 7. The van der Waals surface area contributed by atoms with Crippen LogP contribution in [0.4, 0.5) is 4.39 Å². The van der Waals surface area contributed by atoms with E-state index in [9.17, 15) is 17.9 Å². The van der Waals surface area contributed by atoms with Crippen molar-refractivity contribution >= 4 is 10.0 Å². The molecule has 1 heterocycles. The van der Waals surface area contributed by atoms with Crippen LogP contribution in [0.3, 0.4) is 0 Å². The maximum Gasteiger partial charge on any atom is 0.241 e. The smallest absolute Gasteiger partial charge is 0.241 e. The van der Waals surface area contributed by atoms with Gasteiger partial charge in [0.15, 0.2) is 0 Å². The van der Waals surface area contributed by atoms with Crippen molar-refractivity contribution in [3.05, 3.63) is 83.4 Å². The Bertz CT molecular complexity index is 1100. The fourth-order valence-electron chi connectivity index (χ4n) is 3.22. The van der Waals surface area contributed by atoms with Crippen molar-refractivity contribution in [1.82, 2.24) is 9.71 Å². The van der Waals surface area contributed by atoms with Gasteiger partial charge in [0.1, 0.15) is 5.82 Å². The molecular weight excluding hydrogens is 391 g/mol. The van der Waals surface area contributed by atoms with E-state index in [-0.39, 0.29) is 17.5 Å². The molecule has 152 valence electrons. The maximum atomic E-state index is 14.3. The van der Waals surface area contributed by atoms with Gasteiger partial charge in [-0.25, -0.2) is 17.5 Å². The molecule has 2 aromatic carbocycles. The topological polar surface area (TPSA) is 79.3 Å². The molecule has 0 radical (unpaired) electrons. The lowest BCUT2D eigenvalue weighted by molar-refractivity contribution is 0.282. The molecule has 1 unspecified atom stereocenters. The summed E-state index contributed by atoms with van der Waals surface area (Å²) in [6.45, 7) is 3.44. The van der Waals surface area contributed by atoms with E-state index < -0.39 is 15.8 Å². The molecule has 0 saturated carbocycles. The van der Waals surface area contributed by atoms with Crippen molar-refractivity contribution in [3.8, 4) is 11.1 Å². The number of halogens is 1. The number of aliphatic hydroxyl groups excluding tert-OH is 1. The van der Waals surface area contributed by atoms with E-state index in [2.05, 4.69) is 9.71 Å². The molecule has 0 bridgehead atoms. The summed E-state index contributed by atoms with van der Waals surface area (Å²) in [4.78, 5) is 4.08. The predicted octanol–water partition coefficient (Wildman–Crippen LogP) is 4.12. The van der Waals surface area contributed by atoms with Crippen LogP contribution >= 0.6 is 0 Å². The van der Waals surface area contributed by atoms with Gasteiger partial charge in [0.05, 0.1) is 11.5 Å². The highest BCUT2D eigenvalue weighted by atomic mass is 32.2. The molecular formula is C22H23FN2O3S. The Balaban J connectivity index is 1.93.